The van der Waals surface area contributed by atoms with Crippen molar-refractivity contribution in [2.24, 2.45) is 0 Å². The van der Waals surface area contributed by atoms with Crippen LogP contribution in [0.5, 0.6) is 17.2 Å². The first-order valence-electron chi connectivity index (χ1n) is 8.36. The molecule has 0 unspecified atom stereocenters. The van der Waals surface area contributed by atoms with Crippen LogP contribution >= 0.6 is 0 Å². The first kappa shape index (κ1) is 15.2. The second-order valence-corrected chi connectivity index (χ2v) is 5.79. The third-order valence-corrected chi connectivity index (χ3v) is 4.15. The Morgan fingerprint density at radius 1 is 1.00 bits per heavy atom. The number of fused-ring (bicyclic) bond motifs is 3. The Morgan fingerprint density at radius 2 is 2.00 bits per heavy atom. The van der Waals surface area contributed by atoms with Crippen LogP contribution < -0.4 is 19.7 Å². The molecular formula is C18H21N3O3. The number of nitrogens with one attached hydrogen (secondary N) is 1. The molecule has 6 nitrogen and oxygen atoms in total. The zero-order chi connectivity index (χ0) is 16.2. The highest BCUT2D eigenvalue weighted by Crippen LogP contribution is 2.47. The van der Waals surface area contributed by atoms with Crippen molar-refractivity contribution >= 4 is 11.4 Å². The van der Waals surface area contributed by atoms with Gasteiger partial charge in [-0.05, 0) is 31.2 Å². The summed E-state index contributed by atoms with van der Waals surface area (Å²) in [5.41, 5.74) is 2.08. The van der Waals surface area contributed by atoms with E-state index in [2.05, 4.69) is 15.2 Å². The molecule has 2 aliphatic rings. The summed E-state index contributed by atoms with van der Waals surface area (Å²) >= 11 is 0. The Balaban J connectivity index is 1.67. The predicted molar refractivity (Wildman–Crippen MR) is 91.6 cm³/mol. The third kappa shape index (κ3) is 3.16. The van der Waals surface area contributed by atoms with Crippen LogP contribution in [0.2, 0.25) is 0 Å². The third-order valence-electron chi connectivity index (χ3n) is 4.15. The van der Waals surface area contributed by atoms with Crippen LogP contribution in [-0.2, 0) is 4.74 Å². The Morgan fingerprint density at radius 3 is 3.00 bits per heavy atom. The molecule has 0 radical (unpaired) electrons. The maximum Gasteiger partial charge on any atom is 0.169 e. The lowest BCUT2D eigenvalue weighted by Crippen LogP contribution is -2.28. The molecule has 0 spiro atoms. The van der Waals surface area contributed by atoms with Crippen LogP contribution in [0.4, 0.5) is 11.4 Å². The number of hydrogen-bond donors (Lipinski definition) is 1. The molecule has 2 bridgehead atoms. The zero-order valence-corrected chi connectivity index (χ0v) is 13.5. The van der Waals surface area contributed by atoms with Gasteiger partial charge in [-0.2, -0.15) is 0 Å². The van der Waals surface area contributed by atoms with Crippen LogP contribution in [-0.4, -0.2) is 44.4 Å². The summed E-state index contributed by atoms with van der Waals surface area (Å²) in [5, 5.41) is 3.41. The molecule has 126 valence electrons. The number of benzene rings is 1. The van der Waals surface area contributed by atoms with Gasteiger partial charge < -0.3 is 24.4 Å². The fourth-order valence-electron chi connectivity index (χ4n) is 3.00. The van der Waals surface area contributed by atoms with E-state index in [0.29, 0.717) is 19.8 Å². The molecule has 24 heavy (non-hydrogen) atoms. The standard InChI is InChI=1S/C18H21N3O3/c1-5-19-7-9-22-10-11-23-14-2-3-17-16(12-14)21(8-1)15-4-6-20-13-18(15)24-17/h2-4,6,12-13,19H,1,5,7-11H2. The average Bonchev–Trinajstić information content (AvgIpc) is 2.62. The van der Waals surface area contributed by atoms with Gasteiger partial charge in [-0.1, -0.05) is 0 Å². The fraction of sp³-hybridized carbons (Fsp3) is 0.389. The van der Waals surface area contributed by atoms with Crippen molar-refractivity contribution in [2.45, 2.75) is 6.42 Å². The van der Waals surface area contributed by atoms with Crippen LogP contribution in [0.3, 0.4) is 0 Å². The number of rotatable bonds is 0. The Labute approximate surface area is 141 Å². The maximum atomic E-state index is 6.01. The second kappa shape index (κ2) is 7.07. The molecule has 0 saturated heterocycles. The minimum atomic E-state index is 0.542. The minimum Gasteiger partial charge on any atom is -0.491 e. The first-order chi connectivity index (χ1) is 11.9. The van der Waals surface area contributed by atoms with Crippen molar-refractivity contribution in [3.05, 3.63) is 36.7 Å². The molecule has 2 aliphatic heterocycles. The summed E-state index contributed by atoms with van der Waals surface area (Å²) in [6, 6.07) is 7.93. The van der Waals surface area contributed by atoms with Gasteiger partial charge >= 0.3 is 0 Å². The monoisotopic (exact) mass is 327 g/mol. The van der Waals surface area contributed by atoms with E-state index in [1.807, 2.05) is 24.3 Å². The van der Waals surface area contributed by atoms with Gasteiger partial charge in [0.05, 0.1) is 30.8 Å². The van der Waals surface area contributed by atoms with E-state index >= 15 is 0 Å². The van der Waals surface area contributed by atoms with Crippen LogP contribution in [0.1, 0.15) is 6.42 Å². The number of ether oxygens (including phenoxy) is 3. The minimum absolute atomic E-state index is 0.542. The van der Waals surface area contributed by atoms with Crippen molar-refractivity contribution in [1.82, 2.24) is 10.3 Å². The van der Waals surface area contributed by atoms with Crippen molar-refractivity contribution < 1.29 is 14.2 Å². The predicted octanol–water partition coefficient (Wildman–Crippen LogP) is 2.71. The van der Waals surface area contributed by atoms with E-state index in [0.717, 1.165) is 54.7 Å². The summed E-state index contributed by atoms with van der Waals surface area (Å²) in [5.74, 6) is 2.46. The average molecular weight is 327 g/mol. The Kier molecular flexibility index (Phi) is 4.49. The van der Waals surface area contributed by atoms with Gasteiger partial charge in [0.25, 0.3) is 0 Å². The van der Waals surface area contributed by atoms with Crippen LogP contribution in [0.25, 0.3) is 0 Å². The summed E-state index contributed by atoms with van der Waals surface area (Å²) in [6.07, 6.45) is 4.59. The summed E-state index contributed by atoms with van der Waals surface area (Å²) in [7, 11) is 0. The highest BCUT2D eigenvalue weighted by molar-refractivity contribution is 5.78. The maximum absolute atomic E-state index is 6.01. The van der Waals surface area contributed by atoms with E-state index in [4.69, 9.17) is 14.2 Å². The quantitative estimate of drug-likeness (QED) is 0.803. The molecule has 2 aromatic rings. The molecule has 1 N–H and O–H groups in total. The van der Waals surface area contributed by atoms with E-state index < -0.39 is 0 Å². The lowest BCUT2D eigenvalue weighted by atomic mass is 10.1. The van der Waals surface area contributed by atoms with Crippen LogP contribution in [0, 0.1) is 0 Å². The number of pyridine rings is 1. The van der Waals surface area contributed by atoms with Crippen LogP contribution in [0.15, 0.2) is 36.7 Å². The summed E-state index contributed by atoms with van der Waals surface area (Å²) in [4.78, 5) is 6.46. The molecule has 6 heteroatoms. The second-order valence-electron chi connectivity index (χ2n) is 5.79. The van der Waals surface area contributed by atoms with Crippen molar-refractivity contribution in [3.8, 4) is 17.2 Å². The van der Waals surface area contributed by atoms with Crippen molar-refractivity contribution in [2.75, 3.05) is 44.4 Å². The van der Waals surface area contributed by atoms with E-state index in [1.165, 1.54) is 0 Å². The van der Waals surface area contributed by atoms with Gasteiger partial charge in [0, 0.05) is 25.4 Å². The molecule has 0 atom stereocenters. The van der Waals surface area contributed by atoms with Gasteiger partial charge in [-0.25, -0.2) is 0 Å². The van der Waals surface area contributed by atoms with E-state index in [-0.39, 0.29) is 0 Å². The van der Waals surface area contributed by atoms with Gasteiger partial charge in [-0.3, -0.25) is 4.98 Å². The lowest BCUT2D eigenvalue weighted by Gasteiger charge is -2.33. The molecule has 3 heterocycles. The number of nitrogens with zero attached hydrogens (tertiary/aromatic N) is 2. The van der Waals surface area contributed by atoms with Gasteiger partial charge in [0.2, 0.25) is 0 Å². The highest BCUT2D eigenvalue weighted by Gasteiger charge is 2.24. The van der Waals surface area contributed by atoms with E-state index in [9.17, 15) is 0 Å². The SMILES string of the molecule is c1cc2c(cn1)Oc1ccc3cc1N2CCCNCCOCCO3. The number of aromatic nitrogens is 1. The van der Waals surface area contributed by atoms with Gasteiger partial charge in [0.1, 0.15) is 12.4 Å². The van der Waals surface area contributed by atoms with Crippen molar-refractivity contribution in [1.29, 1.82) is 0 Å². The smallest absolute Gasteiger partial charge is 0.169 e. The lowest BCUT2D eigenvalue weighted by molar-refractivity contribution is 0.102. The van der Waals surface area contributed by atoms with Crippen molar-refractivity contribution in [3.63, 3.8) is 0 Å². The number of hydrogen-bond acceptors (Lipinski definition) is 6. The molecule has 1 aromatic carbocycles. The molecular weight excluding hydrogens is 306 g/mol. The topological polar surface area (TPSA) is 55.9 Å². The molecule has 0 fully saturated rings. The highest BCUT2D eigenvalue weighted by atomic mass is 16.5. The van der Waals surface area contributed by atoms with Gasteiger partial charge in [0.15, 0.2) is 11.5 Å². The fourth-order valence-corrected chi connectivity index (χ4v) is 3.00. The summed E-state index contributed by atoms with van der Waals surface area (Å²) in [6.45, 7) is 4.55. The Bertz CT molecular complexity index is 708. The largest absolute Gasteiger partial charge is 0.491 e. The van der Waals surface area contributed by atoms with E-state index in [1.54, 1.807) is 12.4 Å². The Hall–Kier alpha value is -2.31. The number of anilines is 2. The normalized spacial score (nSPS) is 17.9. The van der Waals surface area contributed by atoms with Gasteiger partial charge in [-0.15, -0.1) is 0 Å². The first-order valence-corrected chi connectivity index (χ1v) is 8.36. The molecule has 0 saturated carbocycles. The molecule has 1 aromatic heterocycles. The summed E-state index contributed by atoms with van der Waals surface area (Å²) < 4.78 is 17.4. The molecule has 0 amide bonds. The molecule has 4 rings (SSSR count). The zero-order valence-electron chi connectivity index (χ0n) is 13.5. The molecule has 0 aliphatic carbocycles.